The number of rotatable bonds is 5. The van der Waals surface area contributed by atoms with Crippen molar-refractivity contribution in [2.75, 3.05) is 4.90 Å². The zero-order chi connectivity index (χ0) is 28.2. The molecule has 0 aliphatic carbocycles. The van der Waals surface area contributed by atoms with E-state index >= 15 is 0 Å². The van der Waals surface area contributed by atoms with Gasteiger partial charge in [-0.2, -0.15) is 13.2 Å². The average Bonchev–Trinajstić information content (AvgIpc) is 3.41. The van der Waals surface area contributed by atoms with Crippen LogP contribution >= 0.6 is 34.7 Å². The number of carbonyl (C=O) groups excluding carboxylic acids is 2. The molecule has 3 atom stereocenters. The van der Waals surface area contributed by atoms with Crippen LogP contribution in [0.15, 0.2) is 82.6 Å². The summed E-state index contributed by atoms with van der Waals surface area (Å²) in [6, 6.07) is 18.7. The fourth-order valence-electron chi connectivity index (χ4n) is 5.09. The molecule has 0 spiro atoms. The van der Waals surface area contributed by atoms with E-state index in [0.717, 1.165) is 40.8 Å². The van der Waals surface area contributed by atoms with Crippen molar-refractivity contribution in [2.45, 2.75) is 29.0 Å². The van der Waals surface area contributed by atoms with Crippen molar-refractivity contribution < 1.29 is 27.5 Å². The Kier molecular flexibility index (Phi) is 6.76. The number of alkyl halides is 3. The second-order valence-corrected chi connectivity index (χ2v) is 11.9. The maximum Gasteiger partial charge on any atom is 0.418 e. The van der Waals surface area contributed by atoms with Gasteiger partial charge in [0.1, 0.15) is 17.6 Å². The SMILES string of the molecule is O=C1C2Sc3[nH]c(=O)sc3[C@H](c3ccc(OCc4cccc(Cl)c4)cc3)C2C(=O)N1c1ccccc1C(F)(F)F. The molecule has 1 aromatic heterocycles. The number of benzene rings is 3. The second kappa shape index (κ2) is 10.1. The monoisotopic (exact) mass is 602 g/mol. The fourth-order valence-corrected chi connectivity index (χ4v) is 7.81. The molecule has 12 heteroatoms. The van der Waals surface area contributed by atoms with E-state index in [4.69, 9.17) is 16.3 Å². The van der Waals surface area contributed by atoms with Gasteiger partial charge in [-0.05, 0) is 47.5 Å². The summed E-state index contributed by atoms with van der Waals surface area (Å²) in [5, 5.41) is 0.0232. The zero-order valence-corrected chi connectivity index (χ0v) is 22.7. The van der Waals surface area contributed by atoms with Crippen molar-refractivity contribution >= 4 is 52.2 Å². The average molecular weight is 603 g/mol. The predicted molar refractivity (Wildman–Crippen MR) is 146 cm³/mol. The summed E-state index contributed by atoms with van der Waals surface area (Å²) < 4.78 is 47.2. The number of halogens is 4. The van der Waals surface area contributed by atoms with Crippen LogP contribution in [0.25, 0.3) is 0 Å². The summed E-state index contributed by atoms with van der Waals surface area (Å²) in [5.41, 5.74) is -0.0598. The van der Waals surface area contributed by atoms with Gasteiger partial charge in [0.15, 0.2) is 0 Å². The molecule has 1 N–H and O–H groups in total. The first-order chi connectivity index (χ1) is 19.1. The Morgan fingerprint density at radius 3 is 2.42 bits per heavy atom. The number of hydrogen-bond acceptors (Lipinski definition) is 6. The Labute approximate surface area is 238 Å². The van der Waals surface area contributed by atoms with Crippen molar-refractivity contribution in [3.8, 4) is 5.75 Å². The number of nitrogens with one attached hydrogen (secondary N) is 1. The second-order valence-electron chi connectivity index (χ2n) is 9.26. The molecular formula is C28H18ClF3N2O4S2. The minimum atomic E-state index is -4.76. The molecule has 6 nitrogen and oxygen atoms in total. The maximum atomic E-state index is 13.8. The summed E-state index contributed by atoms with van der Waals surface area (Å²) in [4.78, 5) is 43.2. The highest BCUT2D eigenvalue weighted by molar-refractivity contribution is 8.00. The van der Waals surface area contributed by atoms with Crippen LogP contribution in [0, 0.1) is 5.92 Å². The lowest BCUT2D eigenvalue weighted by molar-refractivity contribution is -0.137. The van der Waals surface area contributed by atoms with Gasteiger partial charge in [-0.25, -0.2) is 4.90 Å². The van der Waals surface area contributed by atoms with Gasteiger partial charge >= 0.3 is 11.0 Å². The minimum Gasteiger partial charge on any atom is -0.489 e. The third-order valence-corrected chi connectivity index (χ3v) is 9.44. The number of anilines is 1. The molecule has 2 amide bonds. The van der Waals surface area contributed by atoms with E-state index in [2.05, 4.69) is 4.98 Å². The lowest BCUT2D eigenvalue weighted by atomic mass is 9.83. The third kappa shape index (κ3) is 4.71. The number of hydrogen-bond donors (Lipinski definition) is 1. The Bertz CT molecular complexity index is 1690. The smallest absolute Gasteiger partial charge is 0.418 e. The van der Waals surface area contributed by atoms with Crippen LogP contribution in [0.1, 0.15) is 27.5 Å². The van der Waals surface area contributed by atoms with Crippen LogP contribution in [-0.4, -0.2) is 22.0 Å². The van der Waals surface area contributed by atoms with Crippen LogP contribution in [0.2, 0.25) is 5.02 Å². The Morgan fingerprint density at radius 1 is 0.950 bits per heavy atom. The van der Waals surface area contributed by atoms with Gasteiger partial charge in [-0.3, -0.25) is 14.4 Å². The van der Waals surface area contributed by atoms with Crippen molar-refractivity contribution in [3.05, 3.63) is 109 Å². The summed E-state index contributed by atoms with van der Waals surface area (Å²) in [5.74, 6) is -2.66. The number of aromatic nitrogens is 1. The number of aromatic amines is 1. The number of H-pyrrole nitrogens is 1. The molecule has 2 unspecified atom stereocenters. The molecule has 40 heavy (non-hydrogen) atoms. The van der Waals surface area contributed by atoms with Crippen LogP contribution < -0.4 is 14.5 Å². The van der Waals surface area contributed by atoms with Crippen molar-refractivity contribution in [3.63, 3.8) is 0 Å². The minimum absolute atomic E-state index is 0.273. The van der Waals surface area contributed by atoms with Gasteiger partial charge in [0.25, 0.3) is 0 Å². The van der Waals surface area contributed by atoms with Gasteiger partial charge in [0.2, 0.25) is 11.8 Å². The Morgan fingerprint density at radius 2 is 1.70 bits per heavy atom. The van der Waals surface area contributed by atoms with Gasteiger partial charge < -0.3 is 9.72 Å². The number of para-hydroxylation sites is 1. The van der Waals surface area contributed by atoms with E-state index < -0.39 is 46.3 Å². The number of fused-ring (bicyclic) bond motifs is 2. The van der Waals surface area contributed by atoms with Gasteiger partial charge in [-0.15, -0.1) is 0 Å². The number of thiazole rings is 1. The lowest BCUT2D eigenvalue weighted by Crippen LogP contribution is -2.33. The predicted octanol–water partition coefficient (Wildman–Crippen LogP) is 6.48. The molecule has 0 saturated carbocycles. The summed E-state index contributed by atoms with van der Waals surface area (Å²) in [6.45, 7) is 0.273. The molecule has 204 valence electrons. The fraction of sp³-hybridized carbons (Fsp3) is 0.179. The third-order valence-electron chi connectivity index (χ3n) is 6.81. The van der Waals surface area contributed by atoms with Crippen LogP contribution in [-0.2, 0) is 22.4 Å². The molecule has 6 rings (SSSR count). The molecule has 0 radical (unpaired) electrons. The van der Waals surface area contributed by atoms with E-state index in [-0.39, 0.29) is 11.5 Å². The number of carbonyl (C=O) groups is 2. The first kappa shape index (κ1) is 26.7. The highest BCUT2D eigenvalue weighted by Gasteiger charge is 2.57. The van der Waals surface area contributed by atoms with E-state index in [9.17, 15) is 27.6 Å². The number of thioether (sulfide) groups is 1. The molecule has 2 aliphatic rings. The molecule has 1 saturated heterocycles. The molecule has 3 heterocycles. The highest BCUT2D eigenvalue weighted by atomic mass is 35.5. The molecule has 2 aliphatic heterocycles. The molecular weight excluding hydrogens is 585 g/mol. The molecule has 3 aromatic carbocycles. The largest absolute Gasteiger partial charge is 0.489 e. The van der Waals surface area contributed by atoms with Gasteiger partial charge in [0, 0.05) is 15.8 Å². The standard InChI is InChI=1S/C28H18ClF3N2O4S2/c29-16-5-3-4-14(12-16)13-38-17-10-8-15(9-11-17)20-21-23(39-24-22(20)40-27(37)33-24)26(36)34(25(21)35)19-7-2-1-6-18(19)28(30,31)32/h1-12,20-21,23H,13H2,(H,33,37)/t20-,21?,23?/m1/s1. The van der Waals surface area contributed by atoms with Crippen molar-refractivity contribution in [1.29, 1.82) is 0 Å². The number of nitrogens with zero attached hydrogens (tertiary/aromatic N) is 1. The maximum absolute atomic E-state index is 13.8. The number of amides is 2. The van der Waals surface area contributed by atoms with Crippen LogP contribution in [0.3, 0.4) is 0 Å². The summed E-state index contributed by atoms with van der Waals surface area (Å²) in [6.07, 6.45) is -4.76. The first-order valence-corrected chi connectivity index (χ1v) is 14.1. The molecule has 0 bridgehead atoms. The highest BCUT2D eigenvalue weighted by Crippen LogP contribution is 2.54. The molecule has 1 fully saturated rings. The van der Waals surface area contributed by atoms with E-state index in [1.165, 1.54) is 12.1 Å². The number of ether oxygens (including phenoxy) is 1. The molecule has 4 aromatic rings. The quantitative estimate of drug-likeness (QED) is 0.264. The van der Waals surface area contributed by atoms with Crippen LogP contribution in [0.4, 0.5) is 18.9 Å². The normalized spacial score (nSPS) is 20.4. The summed E-state index contributed by atoms with van der Waals surface area (Å²) >= 11 is 7.96. The Balaban J connectivity index is 1.35. The zero-order valence-electron chi connectivity index (χ0n) is 20.3. The van der Waals surface area contributed by atoms with E-state index in [0.29, 0.717) is 31.1 Å². The topological polar surface area (TPSA) is 79.5 Å². The van der Waals surface area contributed by atoms with Gasteiger partial charge in [0.05, 0.1) is 22.2 Å². The first-order valence-electron chi connectivity index (χ1n) is 12.0. The van der Waals surface area contributed by atoms with E-state index in [1.54, 1.807) is 36.4 Å². The van der Waals surface area contributed by atoms with Gasteiger partial charge in [-0.1, -0.05) is 71.1 Å². The Hall–Kier alpha value is -3.54. The van der Waals surface area contributed by atoms with E-state index in [1.807, 2.05) is 12.1 Å². The summed E-state index contributed by atoms with van der Waals surface area (Å²) in [7, 11) is 0. The lowest BCUT2D eigenvalue weighted by Gasteiger charge is -2.29. The number of imide groups is 1. The van der Waals surface area contributed by atoms with Crippen molar-refractivity contribution in [2.24, 2.45) is 5.92 Å². The van der Waals surface area contributed by atoms with Crippen molar-refractivity contribution in [1.82, 2.24) is 4.98 Å². The van der Waals surface area contributed by atoms with Crippen LogP contribution in [0.5, 0.6) is 5.75 Å².